The number of carboxylic acid groups (broad SMARTS) is 2. The summed E-state index contributed by atoms with van der Waals surface area (Å²) in [6.45, 7) is 0.272. The molecule has 2 aromatic carbocycles. The molecule has 2 unspecified atom stereocenters. The van der Waals surface area contributed by atoms with E-state index in [4.69, 9.17) is 29.2 Å². The van der Waals surface area contributed by atoms with Gasteiger partial charge in [0.2, 0.25) is 0 Å². The maximum Gasteiger partial charge on any atom is 0.331 e. The molecule has 53 heavy (non-hydrogen) atoms. The van der Waals surface area contributed by atoms with E-state index >= 15 is 0 Å². The normalized spacial score (nSPS) is 16.2. The minimum atomic E-state index is -1.22. The molecule has 2 aliphatic rings. The van der Waals surface area contributed by atoms with Crippen LogP contribution in [0.2, 0.25) is 0 Å². The molecule has 2 N–H and O–H groups in total. The lowest BCUT2D eigenvalue weighted by molar-refractivity contribution is -0.144. The fourth-order valence-electron chi connectivity index (χ4n) is 4.58. The lowest BCUT2D eigenvalue weighted by atomic mass is 10.3. The average Bonchev–Trinajstić information content (AvgIpc) is 3.87. The zero-order valence-corrected chi connectivity index (χ0v) is 34.5. The van der Waals surface area contributed by atoms with Crippen molar-refractivity contribution in [2.75, 3.05) is 59.2 Å². The van der Waals surface area contributed by atoms with Crippen molar-refractivity contribution in [2.24, 2.45) is 0 Å². The van der Waals surface area contributed by atoms with Crippen molar-refractivity contribution in [3.05, 3.63) is 72.8 Å². The van der Waals surface area contributed by atoms with Crippen molar-refractivity contribution in [3.63, 3.8) is 0 Å². The number of hydrogen-bond donors (Lipinski definition) is 2. The smallest absolute Gasteiger partial charge is 0.331 e. The molecule has 2 atom stereocenters. The Hall–Kier alpha value is -2.15. The molecule has 0 bridgehead atoms. The van der Waals surface area contributed by atoms with Crippen molar-refractivity contribution in [2.45, 2.75) is 44.0 Å². The fourth-order valence-corrected chi connectivity index (χ4v) is 13.6. The average molecular weight is 859 g/mol. The second-order valence-electron chi connectivity index (χ2n) is 11.2. The Balaban J connectivity index is 1.23. The Bertz CT molecular complexity index is 1380. The van der Waals surface area contributed by atoms with Crippen LogP contribution in [0.15, 0.2) is 82.6 Å². The first-order chi connectivity index (χ1) is 25.7. The van der Waals surface area contributed by atoms with Crippen molar-refractivity contribution in [3.8, 4) is 11.5 Å². The van der Waals surface area contributed by atoms with Gasteiger partial charge >= 0.3 is 23.9 Å². The van der Waals surface area contributed by atoms with Gasteiger partial charge in [0.25, 0.3) is 0 Å². The molecular weight excluding hydrogens is 817 g/mol. The van der Waals surface area contributed by atoms with Crippen LogP contribution in [0.25, 0.3) is 0 Å². The minimum Gasteiger partial charge on any atom is -0.490 e. The van der Waals surface area contributed by atoms with E-state index in [0.717, 1.165) is 58.4 Å². The lowest BCUT2D eigenvalue weighted by Gasteiger charge is -2.18. The number of hydrogen-bond acceptors (Lipinski definition) is 15. The van der Waals surface area contributed by atoms with Gasteiger partial charge in [-0.1, -0.05) is 11.8 Å². The molecule has 10 nitrogen and oxygen atoms in total. The summed E-state index contributed by atoms with van der Waals surface area (Å²) < 4.78 is 24.2. The molecule has 0 radical (unpaired) electrons. The fraction of sp³-hybridized carbons (Fsp3) is 0.444. The first-order valence-corrected chi connectivity index (χ1v) is 24.0. The third kappa shape index (κ3) is 18.8. The van der Waals surface area contributed by atoms with Gasteiger partial charge in [-0.2, -0.15) is 23.5 Å². The highest BCUT2D eigenvalue weighted by molar-refractivity contribution is 8.20. The molecule has 0 saturated carbocycles. The molecule has 17 heteroatoms. The first kappa shape index (κ1) is 43.6. The molecule has 2 aromatic rings. The number of esters is 2. The molecular formula is C36H42O10S7. The van der Waals surface area contributed by atoms with E-state index in [1.165, 1.54) is 23.0 Å². The summed E-state index contributed by atoms with van der Waals surface area (Å²) in [7, 11) is 0. The first-order valence-electron chi connectivity index (χ1n) is 16.7. The molecule has 2 fully saturated rings. The molecule has 0 spiro atoms. The molecule has 0 aromatic heterocycles. The van der Waals surface area contributed by atoms with Crippen molar-refractivity contribution < 1.29 is 48.3 Å². The predicted molar refractivity (Wildman–Crippen MR) is 223 cm³/mol. The Morgan fingerprint density at radius 2 is 1.00 bits per heavy atom. The van der Waals surface area contributed by atoms with Gasteiger partial charge in [-0.05, 0) is 72.9 Å². The molecule has 0 amide bonds. The predicted octanol–water partition coefficient (Wildman–Crippen LogP) is 7.56. The Morgan fingerprint density at radius 1 is 0.623 bits per heavy atom. The minimum absolute atomic E-state index is 0.136. The van der Waals surface area contributed by atoms with Gasteiger partial charge in [0.15, 0.2) is 0 Å². The Morgan fingerprint density at radius 3 is 1.36 bits per heavy atom. The molecule has 288 valence electrons. The van der Waals surface area contributed by atoms with Gasteiger partial charge < -0.3 is 29.2 Å². The molecule has 2 saturated heterocycles. The summed E-state index contributed by atoms with van der Waals surface area (Å²) >= 11 is 12.9. The van der Waals surface area contributed by atoms with Crippen LogP contribution in [0, 0.1) is 0 Å². The molecule has 0 aliphatic carbocycles. The van der Waals surface area contributed by atoms with Gasteiger partial charge in [0, 0.05) is 68.6 Å². The topological polar surface area (TPSA) is 146 Å². The molecule has 4 rings (SSSR count). The number of benzene rings is 2. The summed E-state index contributed by atoms with van der Waals surface area (Å²) in [5.74, 6) is 5.04. The third-order valence-electron chi connectivity index (χ3n) is 7.03. The van der Waals surface area contributed by atoms with Crippen LogP contribution < -0.4 is 9.47 Å². The highest BCUT2D eigenvalue weighted by atomic mass is 32.2. The van der Waals surface area contributed by atoms with E-state index in [-0.39, 0.29) is 13.2 Å². The summed E-state index contributed by atoms with van der Waals surface area (Å²) in [5.41, 5.74) is 0. The maximum absolute atomic E-state index is 12.2. The van der Waals surface area contributed by atoms with Crippen LogP contribution in [0.5, 0.6) is 11.5 Å². The summed E-state index contributed by atoms with van der Waals surface area (Å²) in [5, 5.41) is 17.7. The summed E-state index contributed by atoms with van der Waals surface area (Å²) in [4.78, 5) is 48.0. The van der Waals surface area contributed by atoms with Crippen LogP contribution in [0.4, 0.5) is 0 Å². The lowest BCUT2D eigenvalue weighted by Crippen LogP contribution is -2.27. The van der Waals surface area contributed by atoms with E-state index in [1.807, 2.05) is 95.6 Å². The third-order valence-corrected chi connectivity index (χ3v) is 16.6. The number of carboxylic acids is 2. The van der Waals surface area contributed by atoms with E-state index in [9.17, 15) is 19.2 Å². The second-order valence-corrected chi connectivity index (χ2v) is 20.5. The van der Waals surface area contributed by atoms with Crippen molar-refractivity contribution in [1.82, 2.24) is 0 Å². The quantitative estimate of drug-likeness (QED) is 0.0608. The highest BCUT2D eigenvalue weighted by Gasteiger charge is 2.20. The van der Waals surface area contributed by atoms with Crippen LogP contribution >= 0.6 is 82.3 Å². The van der Waals surface area contributed by atoms with Crippen LogP contribution in [-0.4, -0.2) is 115 Å². The van der Waals surface area contributed by atoms with Crippen LogP contribution in [0.3, 0.4) is 0 Å². The highest BCUT2D eigenvalue weighted by Crippen LogP contribution is 2.36. The number of carbonyl (C=O) groups is 4. The number of ether oxygens (including phenoxy) is 4. The second kappa shape index (κ2) is 25.1. The monoisotopic (exact) mass is 858 g/mol. The van der Waals surface area contributed by atoms with Crippen LogP contribution in [0.1, 0.15) is 12.8 Å². The van der Waals surface area contributed by atoms with Crippen LogP contribution in [-0.2, 0) is 28.7 Å². The number of aliphatic carboxylic acids is 2. The molecule has 2 aliphatic heterocycles. The van der Waals surface area contributed by atoms with E-state index < -0.39 is 36.1 Å². The molecule has 2 heterocycles. The number of thioether (sulfide) groups is 6. The zero-order chi connectivity index (χ0) is 37.7. The Labute approximate surface area is 339 Å². The summed E-state index contributed by atoms with van der Waals surface area (Å²) in [6, 6.07) is 15.1. The number of rotatable bonds is 24. The van der Waals surface area contributed by atoms with E-state index in [2.05, 4.69) is 0 Å². The number of carbonyl (C=O) groups excluding carboxylic acids is 2. The van der Waals surface area contributed by atoms with Gasteiger partial charge in [0.1, 0.15) is 36.9 Å². The Kier molecular flexibility index (Phi) is 20.6. The maximum atomic E-state index is 12.2. The van der Waals surface area contributed by atoms with Crippen molar-refractivity contribution in [1.29, 1.82) is 0 Å². The SMILES string of the molecule is O=C(O)/C=C\C(=O)OC(COc1ccc(Sc2ccc(OCC(CSCCC3SCCS3)OC(=O)/C=C\C(=O)O)cc2)cc1)CSCCC1SCCS1. The van der Waals surface area contributed by atoms with Gasteiger partial charge in [-0.3, -0.25) is 0 Å². The van der Waals surface area contributed by atoms with Gasteiger partial charge in [-0.25, -0.2) is 19.2 Å². The summed E-state index contributed by atoms with van der Waals surface area (Å²) in [6.07, 6.45) is 4.40. The van der Waals surface area contributed by atoms with Gasteiger partial charge in [0.05, 0.1) is 9.16 Å². The zero-order valence-electron chi connectivity index (χ0n) is 28.7. The standard InChI is InChI=1S/C36H42O10S7/c37-31(38)9-11-33(41)45-27(23-47-15-13-35-49-17-18-50-35)21-43-25-1-5-29(6-2-25)53-30-7-3-26(4-8-30)44-22-28(46-34(42)12-10-32(39)40)24-48-16-14-36-51-19-20-52-36/h1-12,27-28,35-36H,13-24H2,(H,37,38)(H,39,40)/b11-9-,12-10-. The van der Waals surface area contributed by atoms with Crippen molar-refractivity contribution >= 4 is 106 Å². The van der Waals surface area contributed by atoms with Gasteiger partial charge in [-0.15, -0.1) is 47.0 Å². The van der Waals surface area contributed by atoms with E-state index in [0.29, 0.717) is 32.2 Å². The van der Waals surface area contributed by atoms with E-state index in [1.54, 1.807) is 35.3 Å². The largest absolute Gasteiger partial charge is 0.490 e.